The summed E-state index contributed by atoms with van der Waals surface area (Å²) in [6.45, 7) is 2.09. The van der Waals surface area contributed by atoms with Gasteiger partial charge in [0.05, 0.1) is 5.75 Å². The van der Waals surface area contributed by atoms with E-state index in [-0.39, 0.29) is 11.9 Å². The Morgan fingerprint density at radius 2 is 1.96 bits per heavy atom. The Bertz CT molecular complexity index is 913. The van der Waals surface area contributed by atoms with Crippen LogP contribution in [0, 0.1) is 0 Å². The molecule has 0 bridgehead atoms. The van der Waals surface area contributed by atoms with Crippen molar-refractivity contribution in [3.8, 4) is 0 Å². The maximum Gasteiger partial charge on any atom is 0.237 e. The molecule has 0 saturated heterocycles. The van der Waals surface area contributed by atoms with E-state index in [9.17, 15) is 4.79 Å². The fraction of sp³-hybridized carbons (Fsp3) is 0.211. The molecule has 7 heteroatoms. The van der Waals surface area contributed by atoms with E-state index in [0.29, 0.717) is 5.75 Å². The summed E-state index contributed by atoms with van der Waals surface area (Å²) < 4.78 is 0.789. The summed E-state index contributed by atoms with van der Waals surface area (Å²) in [6, 6.07) is 18.2. The zero-order valence-corrected chi connectivity index (χ0v) is 15.9. The van der Waals surface area contributed by atoms with Gasteiger partial charge in [0.2, 0.25) is 11.0 Å². The van der Waals surface area contributed by atoms with Crippen LogP contribution >= 0.6 is 23.1 Å². The second kappa shape index (κ2) is 7.47. The molecule has 26 heavy (non-hydrogen) atoms. The van der Waals surface area contributed by atoms with Crippen LogP contribution in [0.5, 0.6) is 0 Å². The number of thioether (sulfide) groups is 1. The van der Waals surface area contributed by atoms with Gasteiger partial charge < -0.3 is 10.2 Å². The number of para-hydroxylation sites is 2. The number of nitrogens with zero attached hydrogens (tertiary/aromatic N) is 3. The summed E-state index contributed by atoms with van der Waals surface area (Å²) in [4.78, 5) is 14.6. The predicted octanol–water partition coefficient (Wildman–Crippen LogP) is 4.35. The first-order chi connectivity index (χ1) is 12.7. The molecule has 1 unspecified atom stereocenters. The van der Waals surface area contributed by atoms with Crippen LogP contribution in [-0.2, 0) is 11.2 Å². The van der Waals surface area contributed by atoms with Gasteiger partial charge >= 0.3 is 0 Å². The number of rotatable bonds is 5. The monoisotopic (exact) mass is 382 g/mol. The van der Waals surface area contributed by atoms with Crippen molar-refractivity contribution in [2.45, 2.75) is 23.7 Å². The van der Waals surface area contributed by atoms with Crippen LogP contribution in [0.3, 0.4) is 0 Å². The Kier molecular flexibility index (Phi) is 4.90. The van der Waals surface area contributed by atoms with Crippen LogP contribution in [0.15, 0.2) is 58.9 Å². The molecule has 0 spiro atoms. The molecule has 1 N–H and O–H groups in total. The van der Waals surface area contributed by atoms with Gasteiger partial charge in [-0.05, 0) is 37.1 Å². The van der Waals surface area contributed by atoms with E-state index in [1.807, 2.05) is 53.4 Å². The molecule has 1 aliphatic heterocycles. The summed E-state index contributed by atoms with van der Waals surface area (Å²) in [7, 11) is 0. The molecule has 5 nitrogen and oxygen atoms in total. The van der Waals surface area contributed by atoms with Crippen molar-refractivity contribution in [3.63, 3.8) is 0 Å². The molecule has 0 saturated carbocycles. The molecule has 4 rings (SSSR count). The average Bonchev–Trinajstić information content (AvgIpc) is 3.23. The van der Waals surface area contributed by atoms with E-state index in [2.05, 4.69) is 28.5 Å². The van der Waals surface area contributed by atoms with Crippen molar-refractivity contribution < 1.29 is 4.79 Å². The van der Waals surface area contributed by atoms with E-state index in [1.54, 1.807) is 0 Å². The minimum Gasteiger partial charge on any atom is -0.330 e. The van der Waals surface area contributed by atoms with E-state index < -0.39 is 0 Å². The van der Waals surface area contributed by atoms with Crippen molar-refractivity contribution in [1.82, 2.24) is 10.2 Å². The minimum atomic E-state index is 0.111. The number of hydrogen-bond donors (Lipinski definition) is 1. The molecule has 1 amide bonds. The molecule has 2 heterocycles. The van der Waals surface area contributed by atoms with Crippen molar-refractivity contribution in [2.24, 2.45) is 0 Å². The third-order valence-corrected chi connectivity index (χ3v) is 6.18. The maximum atomic E-state index is 12.7. The normalized spacial score (nSPS) is 15.7. The highest BCUT2D eigenvalue weighted by Gasteiger charge is 2.30. The number of anilines is 3. The van der Waals surface area contributed by atoms with Crippen molar-refractivity contribution in [3.05, 3.63) is 60.2 Å². The third kappa shape index (κ3) is 3.59. The average molecular weight is 383 g/mol. The second-order valence-corrected chi connectivity index (χ2v) is 8.30. The van der Waals surface area contributed by atoms with Crippen molar-refractivity contribution >= 4 is 45.5 Å². The highest BCUT2D eigenvalue weighted by molar-refractivity contribution is 8.01. The van der Waals surface area contributed by atoms with Crippen molar-refractivity contribution in [1.29, 1.82) is 0 Å². The van der Waals surface area contributed by atoms with Crippen LogP contribution in [0.1, 0.15) is 12.5 Å². The van der Waals surface area contributed by atoms with Gasteiger partial charge in [0.1, 0.15) is 0 Å². The molecule has 0 radical (unpaired) electrons. The minimum absolute atomic E-state index is 0.111. The van der Waals surface area contributed by atoms with E-state index in [4.69, 9.17) is 0 Å². The zero-order valence-electron chi connectivity index (χ0n) is 14.3. The van der Waals surface area contributed by atoms with Gasteiger partial charge in [-0.25, -0.2) is 0 Å². The molecule has 1 aliphatic rings. The topological polar surface area (TPSA) is 58.1 Å². The molecule has 132 valence electrons. The molecule has 0 fully saturated rings. The number of benzene rings is 2. The lowest BCUT2D eigenvalue weighted by molar-refractivity contribution is -0.116. The quantitative estimate of drug-likeness (QED) is 0.665. The smallest absolute Gasteiger partial charge is 0.237 e. The molecule has 1 atom stereocenters. The van der Waals surface area contributed by atoms with Gasteiger partial charge in [-0.15, -0.1) is 10.2 Å². The Morgan fingerprint density at radius 3 is 2.81 bits per heavy atom. The largest absolute Gasteiger partial charge is 0.330 e. The Morgan fingerprint density at radius 1 is 1.19 bits per heavy atom. The SMILES string of the molecule is CC1Cc2ccccc2N1C(=O)CSc1nnc(Nc2ccccc2)s1. The van der Waals surface area contributed by atoms with Crippen LogP contribution in [0.2, 0.25) is 0 Å². The number of amides is 1. The van der Waals surface area contributed by atoms with Gasteiger partial charge in [0, 0.05) is 17.4 Å². The Balaban J connectivity index is 1.38. The molecule has 1 aromatic heterocycles. The maximum absolute atomic E-state index is 12.7. The van der Waals surface area contributed by atoms with Crippen LogP contribution < -0.4 is 10.2 Å². The third-order valence-electron chi connectivity index (χ3n) is 4.23. The standard InChI is InChI=1S/C19H18N4OS2/c1-13-11-14-7-5-6-10-16(14)23(13)17(24)12-25-19-22-21-18(26-19)20-15-8-3-2-4-9-15/h2-10,13H,11-12H2,1H3,(H,20,21). The van der Waals surface area contributed by atoms with E-state index in [0.717, 1.165) is 27.3 Å². The van der Waals surface area contributed by atoms with Gasteiger partial charge in [0.15, 0.2) is 4.34 Å². The second-order valence-electron chi connectivity index (χ2n) is 6.10. The summed E-state index contributed by atoms with van der Waals surface area (Å²) in [5.74, 6) is 0.471. The Hall–Kier alpha value is -2.38. The summed E-state index contributed by atoms with van der Waals surface area (Å²) in [6.07, 6.45) is 0.913. The number of fused-ring (bicyclic) bond motifs is 1. The molecule has 0 aliphatic carbocycles. The number of hydrogen-bond acceptors (Lipinski definition) is 6. The number of aromatic nitrogens is 2. The first-order valence-corrected chi connectivity index (χ1v) is 10.2. The lowest BCUT2D eigenvalue weighted by atomic mass is 10.1. The van der Waals surface area contributed by atoms with Gasteiger partial charge in [-0.2, -0.15) is 0 Å². The number of carbonyl (C=O) groups is 1. The summed E-state index contributed by atoms with van der Waals surface area (Å²) in [5, 5.41) is 12.3. The first kappa shape index (κ1) is 17.1. The van der Waals surface area contributed by atoms with Gasteiger partial charge in [0.25, 0.3) is 0 Å². The van der Waals surface area contributed by atoms with Gasteiger partial charge in [-0.3, -0.25) is 4.79 Å². The van der Waals surface area contributed by atoms with Crippen LogP contribution in [0.25, 0.3) is 0 Å². The van der Waals surface area contributed by atoms with E-state index >= 15 is 0 Å². The van der Waals surface area contributed by atoms with Crippen LogP contribution in [-0.4, -0.2) is 27.9 Å². The van der Waals surface area contributed by atoms with E-state index in [1.165, 1.54) is 28.7 Å². The number of nitrogens with one attached hydrogen (secondary N) is 1. The number of carbonyl (C=O) groups excluding carboxylic acids is 1. The molecule has 3 aromatic rings. The first-order valence-electron chi connectivity index (χ1n) is 8.39. The molecule has 2 aromatic carbocycles. The van der Waals surface area contributed by atoms with Crippen molar-refractivity contribution in [2.75, 3.05) is 16.0 Å². The highest BCUT2D eigenvalue weighted by atomic mass is 32.2. The Labute approximate surface area is 160 Å². The summed E-state index contributed by atoms with van der Waals surface area (Å²) >= 11 is 2.89. The molecular weight excluding hydrogens is 364 g/mol. The highest BCUT2D eigenvalue weighted by Crippen LogP contribution is 2.33. The summed E-state index contributed by atoms with van der Waals surface area (Å²) in [5.41, 5.74) is 3.25. The molecular formula is C19H18N4OS2. The lowest BCUT2D eigenvalue weighted by Gasteiger charge is -2.22. The van der Waals surface area contributed by atoms with Crippen LogP contribution in [0.4, 0.5) is 16.5 Å². The predicted molar refractivity (Wildman–Crippen MR) is 107 cm³/mol. The fourth-order valence-corrected chi connectivity index (χ4v) is 4.73. The van der Waals surface area contributed by atoms with Gasteiger partial charge in [-0.1, -0.05) is 59.5 Å². The lowest BCUT2D eigenvalue weighted by Crippen LogP contribution is -2.36. The zero-order chi connectivity index (χ0) is 17.9. The fourth-order valence-electron chi connectivity index (χ4n) is 3.10.